The van der Waals surface area contributed by atoms with Gasteiger partial charge < -0.3 is 5.32 Å². The van der Waals surface area contributed by atoms with Crippen molar-refractivity contribution in [3.63, 3.8) is 0 Å². The smallest absolute Gasteiger partial charge is 0.151 e. The minimum absolute atomic E-state index is 0.304. The highest BCUT2D eigenvalue weighted by molar-refractivity contribution is 7.14. The van der Waals surface area contributed by atoms with Crippen LogP contribution in [-0.4, -0.2) is 26.9 Å². The number of aryl methyl sites for hydroxylation is 1. The summed E-state index contributed by atoms with van der Waals surface area (Å²) in [5.41, 5.74) is 2.07. The van der Waals surface area contributed by atoms with E-state index in [-0.39, 0.29) is 0 Å². The zero-order chi connectivity index (χ0) is 12.3. The lowest BCUT2D eigenvalue weighted by molar-refractivity contribution is 0.531. The molecule has 0 aliphatic rings. The maximum Gasteiger partial charge on any atom is 0.151 e. The Morgan fingerprint density at radius 1 is 1.41 bits per heavy atom. The molecule has 0 spiro atoms. The molecular formula is C11H17N5S. The Balaban J connectivity index is 2.24. The predicted molar refractivity (Wildman–Crippen MR) is 68.9 cm³/mol. The summed E-state index contributed by atoms with van der Waals surface area (Å²) in [4.78, 5) is 0. The van der Waals surface area contributed by atoms with E-state index in [1.54, 1.807) is 17.5 Å². The van der Waals surface area contributed by atoms with Crippen LogP contribution in [0.5, 0.6) is 0 Å². The van der Waals surface area contributed by atoms with E-state index in [1.807, 2.05) is 6.92 Å². The number of nitrogens with one attached hydrogen (secondary N) is 2. The predicted octanol–water partition coefficient (Wildman–Crippen LogP) is 2.30. The lowest BCUT2D eigenvalue weighted by Crippen LogP contribution is -2.19. The van der Waals surface area contributed by atoms with Crippen LogP contribution in [0.4, 0.5) is 0 Å². The molecule has 0 saturated carbocycles. The minimum atomic E-state index is 0.304. The van der Waals surface area contributed by atoms with Gasteiger partial charge in [0.05, 0.1) is 17.8 Å². The first-order chi connectivity index (χ1) is 8.26. The molecule has 2 heterocycles. The van der Waals surface area contributed by atoms with Crippen LogP contribution < -0.4 is 5.32 Å². The van der Waals surface area contributed by atoms with Gasteiger partial charge in [-0.25, -0.2) is 0 Å². The molecular weight excluding hydrogens is 234 g/mol. The van der Waals surface area contributed by atoms with Crippen LogP contribution in [0.1, 0.15) is 37.0 Å². The van der Waals surface area contributed by atoms with Crippen LogP contribution in [-0.2, 0) is 0 Å². The molecule has 2 rings (SSSR count). The fraction of sp³-hybridized carbons (Fsp3) is 0.545. The number of nitrogens with zero attached hydrogens (tertiary/aromatic N) is 3. The fourth-order valence-electron chi connectivity index (χ4n) is 1.70. The van der Waals surface area contributed by atoms with Crippen molar-refractivity contribution in [1.82, 2.24) is 25.7 Å². The molecule has 0 aliphatic heterocycles. The molecule has 0 bridgehead atoms. The molecule has 0 saturated heterocycles. The van der Waals surface area contributed by atoms with Crippen molar-refractivity contribution in [3.05, 3.63) is 16.9 Å². The quantitative estimate of drug-likeness (QED) is 0.855. The van der Waals surface area contributed by atoms with Crippen molar-refractivity contribution in [2.45, 2.75) is 33.2 Å². The summed E-state index contributed by atoms with van der Waals surface area (Å²) in [7, 11) is 0. The summed E-state index contributed by atoms with van der Waals surface area (Å²) in [5.74, 6) is 0. The first-order valence-corrected chi connectivity index (χ1v) is 6.65. The summed E-state index contributed by atoms with van der Waals surface area (Å²) >= 11 is 1.63. The lowest BCUT2D eigenvalue weighted by Gasteiger charge is -2.10. The molecule has 2 aromatic heterocycles. The van der Waals surface area contributed by atoms with Gasteiger partial charge >= 0.3 is 0 Å². The van der Waals surface area contributed by atoms with E-state index < -0.39 is 0 Å². The molecule has 92 valence electrons. The Morgan fingerprint density at radius 2 is 2.24 bits per heavy atom. The Morgan fingerprint density at radius 3 is 2.82 bits per heavy atom. The van der Waals surface area contributed by atoms with Gasteiger partial charge in [-0.15, -0.1) is 10.2 Å². The lowest BCUT2D eigenvalue weighted by atomic mass is 10.2. The number of hydrogen-bond donors (Lipinski definition) is 2. The molecule has 6 heteroatoms. The average molecular weight is 251 g/mol. The van der Waals surface area contributed by atoms with Crippen LogP contribution in [0.3, 0.4) is 0 Å². The maximum atomic E-state index is 4.27. The molecule has 17 heavy (non-hydrogen) atoms. The van der Waals surface area contributed by atoms with Crippen molar-refractivity contribution in [2.24, 2.45) is 0 Å². The monoisotopic (exact) mass is 251 g/mol. The molecule has 0 fully saturated rings. The third-order valence-electron chi connectivity index (χ3n) is 2.66. The Kier molecular flexibility index (Phi) is 3.86. The average Bonchev–Trinajstić information content (AvgIpc) is 2.94. The Bertz CT molecular complexity index is 476. The van der Waals surface area contributed by atoms with Crippen molar-refractivity contribution >= 4 is 11.3 Å². The normalized spacial score (nSPS) is 12.9. The molecule has 5 nitrogen and oxygen atoms in total. The van der Waals surface area contributed by atoms with Gasteiger partial charge in [-0.1, -0.05) is 25.2 Å². The van der Waals surface area contributed by atoms with E-state index in [9.17, 15) is 0 Å². The van der Waals surface area contributed by atoms with Crippen LogP contribution in [0, 0.1) is 6.92 Å². The van der Waals surface area contributed by atoms with Gasteiger partial charge in [-0.05, 0) is 19.9 Å². The molecule has 1 unspecified atom stereocenters. The number of hydrogen-bond acceptors (Lipinski definition) is 5. The summed E-state index contributed by atoms with van der Waals surface area (Å²) < 4.78 is 0. The Hall–Kier alpha value is -1.27. The number of H-pyrrole nitrogens is 1. The van der Waals surface area contributed by atoms with Crippen molar-refractivity contribution in [2.75, 3.05) is 6.54 Å². The zero-order valence-corrected chi connectivity index (χ0v) is 11.1. The second-order valence-electron chi connectivity index (χ2n) is 3.87. The van der Waals surface area contributed by atoms with Gasteiger partial charge in [0.25, 0.3) is 0 Å². The maximum absolute atomic E-state index is 4.27. The van der Waals surface area contributed by atoms with Gasteiger partial charge in [0, 0.05) is 5.69 Å². The highest BCUT2D eigenvalue weighted by atomic mass is 32.1. The van der Waals surface area contributed by atoms with E-state index in [4.69, 9.17) is 0 Å². The molecule has 2 aromatic rings. The first-order valence-electron chi connectivity index (χ1n) is 5.83. The van der Waals surface area contributed by atoms with Crippen LogP contribution in [0.15, 0.2) is 6.20 Å². The topological polar surface area (TPSA) is 66.5 Å². The van der Waals surface area contributed by atoms with Crippen LogP contribution >= 0.6 is 11.3 Å². The van der Waals surface area contributed by atoms with E-state index in [2.05, 4.69) is 39.6 Å². The fourth-order valence-corrected chi connectivity index (χ4v) is 2.77. The number of aromatic amines is 1. The van der Waals surface area contributed by atoms with Crippen LogP contribution in [0.25, 0.3) is 10.6 Å². The van der Waals surface area contributed by atoms with Gasteiger partial charge in [-0.2, -0.15) is 5.10 Å². The van der Waals surface area contributed by atoms with Crippen LogP contribution in [0.2, 0.25) is 0 Å². The van der Waals surface area contributed by atoms with Gasteiger partial charge in [0.2, 0.25) is 0 Å². The molecule has 0 radical (unpaired) electrons. The van der Waals surface area contributed by atoms with Gasteiger partial charge in [0.1, 0.15) is 5.01 Å². The van der Waals surface area contributed by atoms with Gasteiger partial charge in [0.15, 0.2) is 5.01 Å². The van der Waals surface area contributed by atoms with E-state index >= 15 is 0 Å². The van der Waals surface area contributed by atoms with E-state index in [0.717, 1.165) is 34.2 Å². The second-order valence-corrected chi connectivity index (χ2v) is 4.88. The molecule has 2 N–H and O–H groups in total. The highest BCUT2D eigenvalue weighted by Gasteiger charge is 2.16. The third-order valence-corrected chi connectivity index (χ3v) is 3.73. The number of aromatic nitrogens is 4. The Labute approximate surface area is 105 Å². The van der Waals surface area contributed by atoms with E-state index in [0.29, 0.717) is 6.04 Å². The third kappa shape index (κ3) is 2.53. The van der Waals surface area contributed by atoms with Crippen molar-refractivity contribution < 1.29 is 0 Å². The van der Waals surface area contributed by atoms with E-state index in [1.165, 1.54) is 0 Å². The summed E-state index contributed by atoms with van der Waals surface area (Å²) in [6.07, 6.45) is 2.82. The second kappa shape index (κ2) is 5.37. The molecule has 0 aliphatic carbocycles. The zero-order valence-electron chi connectivity index (χ0n) is 10.3. The molecule has 0 aromatic carbocycles. The molecule has 1 atom stereocenters. The largest absolute Gasteiger partial charge is 0.308 e. The van der Waals surface area contributed by atoms with Crippen molar-refractivity contribution in [3.8, 4) is 10.6 Å². The number of rotatable bonds is 5. The molecule has 0 amide bonds. The summed E-state index contributed by atoms with van der Waals surface area (Å²) in [6, 6.07) is 0.304. The standard InChI is InChI=1S/C11H17N5S/c1-4-9(12-5-2)11-16-15-10(17-11)8-6-13-14-7(8)3/h6,9,12H,4-5H2,1-3H3,(H,13,14). The van der Waals surface area contributed by atoms with Gasteiger partial charge in [-0.3, -0.25) is 5.10 Å². The SMILES string of the molecule is CCNC(CC)c1nnc(-c2cn[nH]c2C)s1. The summed E-state index contributed by atoms with van der Waals surface area (Å²) in [5, 5.41) is 20.8. The summed E-state index contributed by atoms with van der Waals surface area (Å²) in [6.45, 7) is 7.19. The first kappa shape index (κ1) is 12.2. The van der Waals surface area contributed by atoms with Crippen molar-refractivity contribution in [1.29, 1.82) is 0 Å². The highest BCUT2D eigenvalue weighted by Crippen LogP contribution is 2.28. The minimum Gasteiger partial charge on any atom is -0.308 e.